The van der Waals surface area contributed by atoms with Crippen LogP contribution in [0.2, 0.25) is 0 Å². The Morgan fingerprint density at radius 1 is 1.07 bits per heavy atom. The van der Waals surface area contributed by atoms with Crippen LogP contribution in [0.15, 0.2) is 77.9 Å². The van der Waals surface area contributed by atoms with Crippen LogP contribution in [0.4, 0.5) is 5.69 Å². The molecular weight excluding hydrogens is 340 g/mol. The summed E-state index contributed by atoms with van der Waals surface area (Å²) in [6.45, 7) is 2.54. The largest absolute Gasteiger partial charge is 0.488 e. The molecule has 5 heteroatoms. The number of nitrogens with one attached hydrogen (secondary N) is 1. The normalized spacial score (nSPS) is 10.7. The Labute approximate surface area is 157 Å². The van der Waals surface area contributed by atoms with Crippen LogP contribution < -0.4 is 10.2 Å². The predicted octanol–water partition coefficient (Wildman–Crippen LogP) is 4.72. The van der Waals surface area contributed by atoms with Gasteiger partial charge in [0, 0.05) is 5.56 Å². The number of para-hydroxylation sites is 1. The van der Waals surface area contributed by atoms with Crippen molar-refractivity contribution >= 4 is 17.9 Å². The summed E-state index contributed by atoms with van der Waals surface area (Å²) in [6.07, 6.45) is 1.68. The highest BCUT2D eigenvalue weighted by molar-refractivity contribution is 5.88. The molecule has 3 aromatic carbocycles. The molecule has 0 bridgehead atoms. The van der Waals surface area contributed by atoms with Crippen LogP contribution in [0, 0.1) is 6.92 Å². The van der Waals surface area contributed by atoms with Gasteiger partial charge in [0.1, 0.15) is 12.4 Å². The van der Waals surface area contributed by atoms with E-state index in [9.17, 15) is 4.79 Å². The Balaban J connectivity index is 1.64. The molecule has 27 heavy (non-hydrogen) atoms. The first-order valence-electron chi connectivity index (χ1n) is 8.51. The van der Waals surface area contributed by atoms with Crippen molar-refractivity contribution in [3.05, 3.63) is 95.1 Å². The lowest BCUT2D eigenvalue weighted by atomic mass is 10.1. The monoisotopic (exact) mass is 360 g/mol. The number of carbonyl (C=O) groups is 1. The van der Waals surface area contributed by atoms with Gasteiger partial charge in [0.25, 0.3) is 0 Å². The van der Waals surface area contributed by atoms with E-state index in [4.69, 9.17) is 9.84 Å². The fraction of sp³-hybridized carbons (Fsp3) is 0.0909. The van der Waals surface area contributed by atoms with Gasteiger partial charge < -0.3 is 9.84 Å². The van der Waals surface area contributed by atoms with Gasteiger partial charge >= 0.3 is 5.97 Å². The number of hydrogen-bond acceptors (Lipinski definition) is 4. The van der Waals surface area contributed by atoms with Gasteiger partial charge in [0.15, 0.2) is 0 Å². The van der Waals surface area contributed by atoms with E-state index in [-0.39, 0.29) is 5.56 Å². The number of ether oxygens (including phenoxy) is 1. The summed E-state index contributed by atoms with van der Waals surface area (Å²) >= 11 is 0. The van der Waals surface area contributed by atoms with Crippen molar-refractivity contribution in [2.24, 2.45) is 5.10 Å². The van der Waals surface area contributed by atoms with Gasteiger partial charge in [-0.3, -0.25) is 5.43 Å². The Morgan fingerprint density at radius 3 is 2.59 bits per heavy atom. The number of nitrogens with zero attached hydrogens (tertiary/aromatic N) is 1. The Kier molecular flexibility index (Phi) is 5.84. The van der Waals surface area contributed by atoms with Crippen LogP contribution in [0.1, 0.15) is 27.0 Å². The van der Waals surface area contributed by atoms with Gasteiger partial charge in [0.05, 0.1) is 17.5 Å². The third-order valence-electron chi connectivity index (χ3n) is 3.92. The van der Waals surface area contributed by atoms with Gasteiger partial charge in [0.2, 0.25) is 0 Å². The smallest absolute Gasteiger partial charge is 0.335 e. The zero-order valence-corrected chi connectivity index (χ0v) is 14.9. The molecular formula is C22H20N2O3. The molecule has 136 valence electrons. The molecule has 0 aliphatic heterocycles. The second kappa shape index (κ2) is 8.67. The van der Waals surface area contributed by atoms with Crippen molar-refractivity contribution in [1.82, 2.24) is 0 Å². The van der Waals surface area contributed by atoms with Gasteiger partial charge in [-0.1, -0.05) is 42.0 Å². The van der Waals surface area contributed by atoms with E-state index in [1.807, 2.05) is 36.4 Å². The molecule has 0 radical (unpaired) electrons. The second-order valence-electron chi connectivity index (χ2n) is 6.07. The first kappa shape index (κ1) is 18.2. The molecule has 0 aromatic heterocycles. The molecule has 0 aliphatic carbocycles. The second-order valence-corrected chi connectivity index (χ2v) is 6.07. The highest BCUT2D eigenvalue weighted by atomic mass is 16.5. The molecule has 0 fully saturated rings. The molecule has 0 saturated heterocycles. The average molecular weight is 360 g/mol. The maximum absolute atomic E-state index is 10.9. The highest BCUT2D eigenvalue weighted by Gasteiger charge is 2.03. The standard InChI is InChI=1S/C22H20N2O3/c1-16-5-4-6-17(13-16)15-27-21-8-3-2-7-19(21)14-23-24-20-11-9-18(10-12-20)22(25)26/h2-14,24H,15H2,1H3,(H,25,26)/b23-14+. The van der Waals surface area contributed by atoms with Gasteiger partial charge in [-0.2, -0.15) is 5.10 Å². The Bertz CT molecular complexity index is 950. The molecule has 0 unspecified atom stereocenters. The Morgan fingerprint density at radius 2 is 1.85 bits per heavy atom. The number of hydrazone groups is 1. The van der Waals surface area contributed by atoms with Crippen molar-refractivity contribution in [3.63, 3.8) is 0 Å². The zero-order chi connectivity index (χ0) is 19.1. The van der Waals surface area contributed by atoms with Crippen molar-refractivity contribution < 1.29 is 14.6 Å². The number of hydrogen-bond donors (Lipinski definition) is 2. The molecule has 0 amide bonds. The molecule has 2 N–H and O–H groups in total. The number of aryl methyl sites for hydroxylation is 1. The fourth-order valence-electron chi connectivity index (χ4n) is 2.55. The Hall–Kier alpha value is -3.60. The number of aromatic carboxylic acids is 1. The third kappa shape index (κ3) is 5.19. The van der Waals surface area contributed by atoms with Crippen LogP contribution >= 0.6 is 0 Å². The zero-order valence-electron chi connectivity index (χ0n) is 14.9. The summed E-state index contributed by atoms with van der Waals surface area (Å²) < 4.78 is 5.94. The number of carboxylic acid groups (broad SMARTS) is 1. The summed E-state index contributed by atoms with van der Waals surface area (Å²) in [4.78, 5) is 10.9. The van der Waals surface area contributed by atoms with Crippen molar-refractivity contribution in [2.45, 2.75) is 13.5 Å². The van der Waals surface area contributed by atoms with E-state index in [1.54, 1.807) is 18.3 Å². The molecule has 0 heterocycles. The number of carboxylic acids is 1. The summed E-state index contributed by atoms with van der Waals surface area (Å²) in [7, 11) is 0. The fourth-order valence-corrected chi connectivity index (χ4v) is 2.55. The maximum Gasteiger partial charge on any atom is 0.335 e. The van der Waals surface area contributed by atoms with E-state index in [2.05, 4.69) is 29.6 Å². The maximum atomic E-state index is 10.9. The molecule has 0 spiro atoms. The summed E-state index contributed by atoms with van der Waals surface area (Å²) in [6, 6.07) is 22.2. The van der Waals surface area contributed by atoms with Crippen molar-refractivity contribution in [1.29, 1.82) is 0 Å². The minimum absolute atomic E-state index is 0.236. The van der Waals surface area contributed by atoms with Crippen molar-refractivity contribution in [3.8, 4) is 5.75 Å². The van der Waals surface area contributed by atoms with Crippen LogP contribution in [-0.2, 0) is 6.61 Å². The lowest BCUT2D eigenvalue weighted by molar-refractivity contribution is 0.0697. The number of anilines is 1. The van der Waals surface area contributed by atoms with Gasteiger partial charge in [-0.25, -0.2) is 4.79 Å². The number of benzene rings is 3. The van der Waals surface area contributed by atoms with E-state index >= 15 is 0 Å². The molecule has 5 nitrogen and oxygen atoms in total. The molecule has 0 atom stereocenters. The van der Waals surface area contributed by atoms with E-state index < -0.39 is 5.97 Å². The minimum atomic E-state index is -0.954. The summed E-state index contributed by atoms with van der Waals surface area (Å²) in [5.74, 6) is -0.212. The molecule has 3 rings (SSSR count). The van der Waals surface area contributed by atoms with Crippen LogP contribution in [0.3, 0.4) is 0 Å². The molecule has 0 saturated carbocycles. The molecule has 3 aromatic rings. The topological polar surface area (TPSA) is 70.9 Å². The van der Waals surface area contributed by atoms with E-state index in [1.165, 1.54) is 17.7 Å². The van der Waals surface area contributed by atoms with E-state index in [0.29, 0.717) is 12.3 Å². The first-order chi connectivity index (χ1) is 13.1. The SMILES string of the molecule is Cc1cccc(COc2ccccc2/C=N/Nc2ccc(C(=O)O)cc2)c1. The van der Waals surface area contributed by atoms with Crippen LogP contribution in [0.25, 0.3) is 0 Å². The lowest BCUT2D eigenvalue weighted by Gasteiger charge is -2.09. The lowest BCUT2D eigenvalue weighted by Crippen LogP contribution is -1.99. The average Bonchev–Trinajstić information content (AvgIpc) is 2.68. The third-order valence-corrected chi connectivity index (χ3v) is 3.92. The van der Waals surface area contributed by atoms with E-state index in [0.717, 1.165) is 16.9 Å². The first-order valence-corrected chi connectivity index (χ1v) is 8.51. The highest BCUT2D eigenvalue weighted by Crippen LogP contribution is 2.18. The van der Waals surface area contributed by atoms with Crippen LogP contribution in [0.5, 0.6) is 5.75 Å². The quantitative estimate of drug-likeness (QED) is 0.472. The van der Waals surface area contributed by atoms with Crippen molar-refractivity contribution in [2.75, 3.05) is 5.43 Å². The summed E-state index contributed by atoms with van der Waals surface area (Å²) in [5, 5.41) is 13.1. The number of rotatable bonds is 7. The predicted molar refractivity (Wildman–Crippen MR) is 107 cm³/mol. The molecule has 0 aliphatic rings. The summed E-state index contributed by atoms with van der Waals surface area (Å²) in [5.41, 5.74) is 6.98. The van der Waals surface area contributed by atoms with Crippen LogP contribution in [-0.4, -0.2) is 17.3 Å². The minimum Gasteiger partial charge on any atom is -0.488 e. The van der Waals surface area contributed by atoms with Gasteiger partial charge in [-0.05, 0) is 48.9 Å². The van der Waals surface area contributed by atoms with Gasteiger partial charge in [-0.15, -0.1) is 0 Å².